The molecule has 0 bridgehead atoms. The molecule has 0 spiro atoms. The highest BCUT2D eigenvalue weighted by atomic mass is 35.5. The van der Waals surface area contributed by atoms with E-state index in [0.29, 0.717) is 17.4 Å². The van der Waals surface area contributed by atoms with Gasteiger partial charge in [-0.05, 0) is 38.9 Å². The molecule has 0 radical (unpaired) electrons. The summed E-state index contributed by atoms with van der Waals surface area (Å²) in [5.74, 6) is -0.0482. The van der Waals surface area contributed by atoms with Crippen LogP contribution < -0.4 is 10.6 Å². The summed E-state index contributed by atoms with van der Waals surface area (Å²) in [5.41, 5.74) is 0.760. The summed E-state index contributed by atoms with van der Waals surface area (Å²) in [7, 11) is 1.99. The fourth-order valence-electron chi connectivity index (χ4n) is 2.33. The molecule has 1 aromatic rings. The van der Waals surface area contributed by atoms with Crippen LogP contribution in [0.15, 0.2) is 18.3 Å². The maximum atomic E-state index is 12.0. The van der Waals surface area contributed by atoms with Gasteiger partial charge in [0.1, 0.15) is 0 Å². The van der Waals surface area contributed by atoms with Crippen LogP contribution in [0.3, 0.4) is 0 Å². The Morgan fingerprint density at radius 1 is 1.50 bits per heavy atom. The summed E-state index contributed by atoms with van der Waals surface area (Å²) < 4.78 is 0. The van der Waals surface area contributed by atoms with Crippen molar-refractivity contribution >= 4 is 23.2 Å². The highest BCUT2D eigenvalue weighted by Gasteiger charge is 2.28. The van der Waals surface area contributed by atoms with Crippen LogP contribution in [0, 0.1) is 0 Å². The molecule has 20 heavy (non-hydrogen) atoms. The number of rotatable bonds is 4. The van der Waals surface area contributed by atoms with Crippen molar-refractivity contribution in [3.63, 3.8) is 0 Å². The number of carbonyl (C=O) groups is 1. The fraction of sp³-hybridized carbons (Fsp3) is 0.571. The Balaban J connectivity index is 1.83. The molecule has 1 aromatic heterocycles. The summed E-state index contributed by atoms with van der Waals surface area (Å²) in [6.07, 6.45) is 3.69. The maximum Gasteiger partial charge on any atom is 0.238 e. The van der Waals surface area contributed by atoms with Crippen LogP contribution in [0.25, 0.3) is 0 Å². The van der Waals surface area contributed by atoms with E-state index in [4.69, 9.17) is 11.6 Å². The van der Waals surface area contributed by atoms with Crippen molar-refractivity contribution in [2.45, 2.75) is 25.3 Å². The molecule has 2 heterocycles. The van der Waals surface area contributed by atoms with Gasteiger partial charge in [0.05, 0.1) is 12.2 Å². The molecular formula is C14H21ClN4O. The average Bonchev–Trinajstić information content (AvgIpc) is 2.44. The molecule has 110 valence electrons. The first kappa shape index (κ1) is 15.2. The highest BCUT2D eigenvalue weighted by Crippen LogP contribution is 2.21. The van der Waals surface area contributed by atoms with E-state index in [1.807, 2.05) is 7.05 Å². The molecule has 0 atom stereocenters. The zero-order valence-electron chi connectivity index (χ0n) is 11.9. The average molecular weight is 297 g/mol. The lowest BCUT2D eigenvalue weighted by atomic mass is 9.90. The number of nitrogens with zero attached hydrogens (tertiary/aromatic N) is 2. The fourth-order valence-corrected chi connectivity index (χ4v) is 2.49. The van der Waals surface area contributed by atoms with Crippen LogP contribution in [0.1, 0.15) is 19.8 Å². The van der Waals surface area contributed by atoms with Crippen LogP contribution in [0.4, 0.5) is 5.69 Å². The zero-order chi connectivity index (χ0) is 14.6. The molecule has 2 N–H and O–H groups in total. The molecule has 0 aliphatic carbocycles. The predicted molar refractivity (Wildman–Crippen MR) is 81.0 cm³/mol. The lowest BCUT2D eigenvalue weighted by molar-refractivity contribution is -0.117. The van der Waals surface area contributed by atoms with Gasteiger partial charge in [-0.1, -0.05) is 11.6 Å². The topological polar surface area (TPSA) is 57.3 Å². The first-order valence-electron chi connectivity index (χ1n) is 6.84. The Hall–Kier alpha value is -1.17. The van der Waals surface area contributed by atoms with Gasteiger partial charge < -0.3 is 10.6 Å². The first-order valence-corrected chi connectivity index (χ1v) is 7.22. The minimum atomic E-state index is -0.0482. The minimum Gasteiger partial charge on any atom is -0.322 e. The van der Waals surface area contributed by atoms with E-state index in [-0.39, 0.29) is 11.4 Å². The normalized spacial score (nSPS) is 18.8. The summed E-state index contributed by atoms with van der Waals surface area (Å²) in [6.45, 7) is 4.46. The van der Waals surface area contributed by atoms with Gasteiger partial charge in [-0.25, -0.2) is 4.98 Å². The molecule has 5 nitrogen and oxygen atoms in total. The van der Waals surface area contributed by atoms with Crippen LogP contribution in [-0.2, 0) is 4.79 Å². The van der Waals surface area contributed by atoms with Crippen LogP contribution >= 0.6 is 11.6 Å². The summed E-state index contributed by atoms with van der Waals surface area (Å²) in [4.78, 5) is 18.1. The van der Waals surface area contributed by atoms with Gasteiger partial charge in [0.2, 0.25) is 5.91 Å². The molecule has 1 aliphatic rings. The minimum absolute atomic E-state index is 0.0482. The Morgan fingerprint density at radius 2 is 2.20 bits per heavy atom. The Kier molecular flexibility index (Phi) is 4.96. The first-order chi connectivity index (χ1) is 9.52. The highest BCUT2D eigenvalue weighted by molar-refractivity contribution is 6.32. The second kappa shape index (κ2) is 6.52. The van der Waals surface area contributed by atoms with Gasteiger partial charge in [0.15, 0.2) is 5.15 Å². The van der Waals surface area contributed by atoms with Gasteiger partial charge in [0.25, 0.3) is 0 Å². The SMILES string of the molecule is CNC1(C)CCN(CC(=O)Nc2cccnc2Cl)CC1. The van der Waals surface area contributed by atoms with Crippen molar-refractivity contribution in [2.24, 2.45) is 0 Å². The molecule has 0 saturated carbocycles. The number of anilines is 1. The molecule has 6 heteroatoms. The third kappa shape index (κ3) is 3.91. The Morgan fingerprint density at radius 3 is 2.80 bits per heavy atom. The number of hydrogen-bond acceptors (Lipinski definition) is 4. The van der Waals surface area contributed by atoms with E-state index in [1.54, 1.807) is 18.3 Å². The molecule has 0 aromatic carbocycles. The standard InChI is InChI=1S/C14H21ClN4O/c1-14(16-2)5-8-19(9-6-14)10-12(20)18-11-4-3-7-17-13(11)15/h3-4,7,16H,5-6,8-10H2,1-2H3,(H,18,20). The quantitative estimate of drug-likeness (QED) is 0.831. The number of pyridine rings is 1. The molecule has 1 saturated heterocycles. The monoisotopic (exact) mass is 296 g/mol. The van der Waals surface area contributed by atoms with E-state index < -0.39 is 0 Å². The molecule has 1 fully saturated rings. The number of nitrogens with one attached hydrogen (secondary N) is 2. The lowest BCUT2D eigenvalue weighted by Gasteiger charge is -2.39. The summed E-state index contributed by atoms with van der Waals surface area (Å²) in [5, 5.41) is 6.47. The summed E-state index contributed by atoms with van der Waals surface area (Å²) in [6, 6.07) is 3.50. The van der Waals surface area contributed by atoms with Crippen molar-refractivity contribution in [1.82, 2.24) is 15.2 Å². The van der Waals surface area contributed by atoms with Crippen molar-refractivity contribution in [1.29, 1.82) is 0 Å². The number of halogens is 1. The van der Waals surface area contributed by atoms with Crippen LogP contribution in [0.5, 0.6) is 0 Å². The van der Waals surface area contributed by atoms with E-state index >= 15 is 0 Å². The van der Waals surface area contributed by atoms with E-state index in [1.165, 1.54) is 0 Å². The second-order valence-electron chi connectivity index (χ2n) is 5.48. The van der Waals surface area contributed by atoms with Crippen LogP contribution in [0.2, 0.25) is 5.15 Å². The molecular weight excluding hydrogens is 276 g/mol. The number of hydrogen-bond donors (Lipinski definition) is 2. The number of carbonyl (C=O) groups excluding carboxylic acids is 1. The largest absolute Gasteiger partial charge is 0.322 e. The molecule has 1 aliphatic heterocycles. The smallest absolute Gasteiger partial charge is 0.238 e. The van der Waals surface area contributed by atoms with E-state index in [0.717, 1.165) is 25.9 Å². The van der Waals surface area contributed by atoms with Crippen LogP contribution in [-0.4, -0.2) is 48.0 Å². The van der Waals surface area contributed by atoms with Crippen molar-refractivity contribution in [3.8, 4) is 0 Å². The predicted octanol–water partition coefficient (Wildman–Crippen LogP) is 1.75. The zero-order valence-corrected chi connectivity index (χ0v) is 12.7. The second-order valence-corrected chi connectivity index (χ2v) is 5.83. The van der Waals surface area contributed by atoms with Gasteiger partial charge in [-0.2, -0.15) is 0 Å². The van der Waals surface area contributed by atoms with Gasteiger partial charge in [-0.3, -0.25) is 9.69 Å². The van der Waals surface area contributed by atoms with Gasteiger partial charge in [-0.15, -0.1) is 0 Å². The Bertz CT molecular complexity index is 472. The number of piperidine rings is 1. The van der Waals surface area contributed by atoms with Crippen molar-refractivity contribution in [3.05, 3.63) is 23.5 Å². The van der Waals surface area contributed by atoms with Gasteiger partial charge in [0, 0.05) is 24.8 Å². The van der Waals surface area contributed by atoms with Crippen molar-refractivity contribution < 1.29 is 4.79 Å². The van der Waals surface area contributed by atoms with Gasteiger partial charge >= 0.3 is 0 Å². The molecule has 0 unspecified atom stereocenters. The lowest BCUT2D eigenvalue weighted by Crippen LogP contribution is -2.51. The number of aromatic nitrogens is 1. The van der Waals surface area contributed by atoms with E-state index in [2.05, 4.69) is 27.4 Å². The maximum absolute atomic E-state index is 12.0. The number of amides is 1. The van der Waals surface area contributed by atoms with E-state index in [9.17, 15) is 4.79 Å². The summed E-state index contributed by atoms with van der Waals surface area (Å²) >= 11 is 5.92. The molecule has 2 rings (SSSR count). The Labute approximate surface area is 124 Å². The molecule has 1 amide bonds. The third-order valence-electron chi connectivity index (χ3n) is 3.96. The third-order valence-corrected chi connectivity index (χ3v) is 4.26. The van der Waals surface area contributed by atoms with Crippen molar-refractivity contribution in [2.75, 3.05) is 32.0 Å². The number of likely N-dealkylation sites (tertiary alicyclic amines) is 1.